The largest absolute Gasteiger partial charge is 0.456 e. The average molecular weight is 316 g/mol. The number of rotatable bonds is 3. The molecule has 2 rings (SSSR count). The highest BCUT2D eigenvalue weighted by molar-refractivity contribution is 6.43. The first-order valence-electron chi connectivity index (χ1n) is 6.80. The van der Waals surface area contributed by atoms with Crippen LogP contribution in [0.1, 0.15) is 37.0 Å². The molecule has 0 aromatic heterocycles. The third-order valence-corrected chi connectivity index (χ3v) is 4.67. The fraction of sp³-hybridized carbons (Fsp3) is 0.533. The normalized spacial score (nSPS) is 17.0. The van der Waals surface area contributed by atoms with Crippen LogP contribution in [0.15, 0.2) is 18.2 Å². The van der Waals surface area contributed by atoms with E-state index < -0.39 is 11.6 Å². The van der Waals surface area contributed by atoms with Crippen LogP contribution in [0.5, 0.6) is 0 Å². The van der Waals surface area contributed by atoms with Crippen LogP contribution in [0.4, 0.5) is 0 Å². The number of ether oxygens (including phenoxy) is 1. The molecule has 1 aromatic rings. The molecule has 0 saturated carbocycles. The number of nitrogens with one attached hydrogen (secondary N) is 1. The highest BCUT2D eigenvalue weighted by Crippen LogP contribution is 2.32. The predicted molar refractivity (Wildman–Crippen MR) is 81.6 cm³/mol. The van der Waals surface area contributed by atoms with Crippen LogP contribution in [-0.4, -0.2) is 24.7 Å². The Morgan fingerprint density at radius 2 is 1.95 bits per heavy atom. The van der Waals surface area contributed by atoms with Gasteiger partial charge in [0.15, 0.2) is 0 Å². The van der Waals surface area contributed by atoms with E-state index in [1.54, 1.807) is 18.2 Å². The van der Waals surface area contributed by atoms with Gasteiger partial charge >= 0.3 is 5.97 Å². The highest BCUT2D eigenvalue weighted by Gasteiger charge is 2.34. The Morgan fingerprint density at radius 1 is 1.30 bits per heavy atom. The number of carbonyl (C=O) groups is 1. The molecule has 110 valence electrons. The van der Waals surface area contributed by atoms with Gasteiger partial charge in [0.2, 0.25) is 0 Å². The second kappa shape index (κ2) is 6.33. The van der Waals surface area contributed by atoms with E-state index in [1.807, 2.05) is 13.8 Å². The Hall–Kier alpha value is -0.770. The van der Waals surface area contributed by atoms with Gasteiger partial charge in [0.25, 0.3) is 0 Å². The molecule has 1 heterocycles. The molecule has 1 fully saturated rings. The third kappa shape index (κ3) is 3.46. The van der Waals surface area contributed by atoms with Gasteiger partial charge in [-0.3, -0.25) is 0 Å². The van der Waals surface area contributed by atoms with Gasteiger partial charge in [-0.2, -0.15) is 0 Å². The number of halogens is 2. The van der Waals surface area contributed by atoms with E-state index >= 15 is 0 Å². The molecular weight excluding hydrogens is 297 g/mol. The van der Waals surface area contributed by atoms with E-state index in [4.69, 9.17) is 27.9 Å². The van der Waals surface area contributed by atoms with Crippen LogP contribution in [0.2, 0.25) is 10.0 Å². The van der Waals surface area contributed by atoms with E-state index in [1.165, 1.54) is 0 Å². The molecule has 5 heteroatoms. The van der Waals surface area contributed by atoms with Gasteiger partial charge in [-0.25, -0.2) is 4.79 Å². The van der Waals surface area contributed by atoms with Crippen molar-refractivity contribution in [3.05, 3.63) is 33.8 Å². The topological polar surface area (TPSA) is 38.3 Å². The van der Waals surface area contributed by atoms with Crippen molar-refractivity contribution >= 4 is 29.2 Å². The Bertz CT molecular complexity index is 497. The van der Waals surface area contributed by atoms with E-state index in [9.17, 15) is 4.79 Å². The Balaban J connectivity index is 2.11. The molecular formula is C15H19Cl2NO2. The maximum atomic E-state index is 12.3. The molecule has 3 nitrogen and oxygen atoms in total. The fourth-order valence-electron chi connectivity index (χ4n) is 2.56. The number of hydrogen-bond acceptors (Lipinski definition) is 3. The van der Waals surface area contributed by atoms with Gasteiger partial charge < -0.3 is 10.1 Å². The zero-order chi connectivity index (χ0) is 14.8. The molecule has 0 spiro atoms. The molecule has 0 bridgehead atoms. The summed E-state index contributed by atoms with van der Waals surface area (Å²) in [4.78, 5) is 12.3. The van der Waals surface area contributed by atoms with Gasteiger partial charge in [-0.1, -0.05) is 29.3 Å². The molecule has 1 N–H and O–H groups in total. The quantitative estimate of drug-likeness (QED) is 0.859. The minimum atomic E-state index is -0.509. The van der Waals surface area contributed by atoms with Crippen molar-refractivity contribution in [2.45, 2.75) is 32.3 Å². The molecule has 1 aliphatic rings. The summed E-state index contributed by atoms with van der Waals surface area (Å²) in [5.74, 6) is -0.0632. The average Bonchev–Trinajstić information content (AvgIpc) is 2.42. The van der Waals surface area contributed by atoms with Gasteiger partial charge in [-0.05, 0) is 51.9 Å². The minimum absolute atomic E-state index is 0.250. The monoisotopic (exact) mass is 315 g/mol. The van der Waals surface area contributed by atoms with Crippen molar-refractivity contribution in [3.8, 4) is 0 Å². The van der Waals surface area contributed by atoms with Gasteiger partial charge in [0, 0.05) is 5.92 Å². The third-order valence-electron chi connectivity index (χ3n) is 3.85. The molecule has 1 aliphatic heterocycles. The van der Waals surface area contributed by atoms with E-state index in [2.05, 4.69) is 5.32 Å². The molecule has 20 heavy (non-hydrogen) atoms. The van der Waals surface area contributed by atoms with Crippen molar-refractivity contribution in [3.63, 3.8) is 0 Å². The number of benzene rings is 1. The van der Waals surface area contributed by atoms with E-state index in [0.717, 1.165) is 25.9 Å². The number of piperidine rings is 1. The van der Waals surface area contributed by atoms with Crippen molar-refractivity contribution in [2.24, 2.45) is 5.92 Å². The van der Waals surface area contributed by atoms with Crippen LogP contribution in [0.3, 0.4) is 0 Å². The number of carbonyl (C=O) groups excluding carboxylic acids is 1. The summed E-state index contributed by atoms with van der Waals surface area (Å²) in [6.45, 7) is 5.84. The van der Waals surface area contributed by atoms with Crippen LogP contribution in [0, 0.1) is 5.92 Å². The van der Waals surface area contributed by atoms with Crippen LogP contribution >= 0.6 is 23.2 Å². The van der Waals surface area contributed by atoms with Gasteiger partial charge in [-0.15, -0.1) is 0 Å². The lowest BCUT2D eigenvalue weighted by Gasteiger charge is -2.36. The van der Waals surface area contributed by atoms with Gasteiger partial charge in [0.05, 0.1) is 15.6 Å². The first-order chi connectivity index (χ1) is 9.42. The zero-order valence-corrected chi connectivity index (χ0v) is 13.2. The predicted octanol–water partition coefficient (Wildman–Crippen LogP) is 3.93. The van der Waals surface area contributed by atoms with Crippen molar-refractivity contribution < 1.29 is 9.53 Å². The minimum Gasteiger partial charge on any atom is -0.456 e. The van der Waals surface area contributed by atoms with E-state index in [-0.39, 0.29) is 5.02 Å². The van der Waals surface area contributed by atoms with Crippen molar-refractivity contribution in [1.29, 1.82) is 0 Å². The fourth-order valence-corrected chi connectivity index (χ4v) is 2.93. The first kappa shape index (κ1) is 15.6. The van der Waals surface area contributed by atoms with Crippen molar-refractivity contribution in [2.75, 3.05) is 13.1 Å². The van der Waals surface area contributed by atoms with Crippen LogP contribution in [0.25, 0.3) is 0 Å². The molecule has 1 aromatic carbocycles. The lowest BCUT2D eigenvalue weighted by molar-refractivity contribution is -0.0367. The molecule has 0 atom stereocenters. The summed E-state index contributed by atoms with van der Waals surface area (Å²) in [7, 11) is 0. The van der Waals surface area contributed by atoms with Crippen LogP contribution in [-0.2, 0) is 4.74 Å². The Kier molecular flexibility index (Phi) is 4.95. The summed E-state index contributed by atoms with van der Waals surface area (Å²) in [5, 5.41) is 3.92. The molecule has 0 radical (unpaired) electrons. The SMILES string of the molecule is CC(C)(OC(=O)c1cccc(Cl)c1Cl)C1CCNCC1. The maximum absolute atomic E-state index is 12.3. The number of esters is 1. The Labute approximate surface area is 129 Å². The lowest BCUT2D eigenvalue weighted by Crippen LogP contribution is -2.42. The lowest BCUT2D eigenvalue weighted by atomic mass is 9.83. The second-order valence-electron chi connectivity index (χ2n) is 5.62. The van der Waals surface area contributed by atoms with Crippen LogP contribution < -0.4 is 5.32 Å². The Morgan fingerprint density at radius 3 is 2.60 bits per heavy atom. The molecule has 0 unspecified atom stereocenters. The second-order valence-corrected chi connectivity index (χ2v) is 6.40. The standard InChI is InChI=1S/C15H19Cl2NO2/c1-15(2,10-6-8-18-9-7-10)20-14(19)11-4-3-5-12(16)13(11)17/h3-5,10,18H,6-9H2,1-2H3. The maximum Gasteiger partial charge on any atom is 0.340 e. The summed E-state index contributed by atoms with van der Waals surface area (Å²) in [5.41, 5.74) is -0.189. The first-order valence-corrected chi connectivity index (χ1v) is 7.55. The molecule has 0 aliphatic carbocycles. The summed E-state index contributed by atoms with van der Waals surface area (Å²) in [6.07, 6.45) is 2.01. The van der Waals surface area contributed by atoms with E-state index in [0.29, 0.717) is 16.5 Å². The van der Waals surface area contributed by atoms with Gasteiger partial charge in [0.1, 0.15) is 5.60 Å². The molecule has 0 amide bonds. The van der Waals surface area contributed by atoms with Crippen molar-refractivity contribution in [1.82, 2.24) is 5.32 Å². The zero-order valence-electron chi connectivity index (χ0n) is 11.7. The summed E-state index contributed by atoms with van der Waals surface area (Å²) in [6, 6.07) is 4.98. The molecule has 1 saturated heterocycles. The number of hydrogen-bond donors (Lipinski definition) is 1. The summed E-state index contributed by atoms with van der Waals surface area (Å²) < 4.78 is 5.69. The summed E-state index contributed by atoms with van der Waals surface area (Å²) >= 11 is 12.0. The highest BCUT2D eigenvalue weighted by atomic mass is 35.5. The smallest absolute Gasteiger partial charge is 0.340 e.